The minimum atomic E-state index is -0.206. The lowest BCUT2D eigenvalue weighted by molar-refractivity contribution is -0.114. The van der Waals surface area contributed by atoms with E-state index in [0.29, 0.717) is 11.6 Å². The molecule has 5 heteroatoms. The molecule has 5 nitrogen and oxygen atoms in total. The molecule has 2 rings (SSSR count). The smallest absolute Gasteiger partial charge is 0.246 e. The third-order valence-corrected chi connectivity index (χ3v) is 3.81. The van der Waals surface area contributed by atoms with Gasteiger partial charge in [0.2, 0.25) is 5.91 Å². The molecule has 0 saturated carbocycles. The van der Waals surface area contributed by atoms with Crippen molar-refractivity contribution >= 4 is 17.6 Å². The number of carbonyl (C=O) groups excluding carboxylic acids is 1. The fraction of sp³-hybridized carbons (Fsp3) is 0.412. The highest BCUT2D eigenvalue weighted by atomic mass is 16.1. The van der Waals surface area contributed by atoms with Crippen LogP contribution in [0.25, 0.3) is 0 Å². The van der Waals surface area contributed by atoms with E-state index >= 15 is 0 Å². The van der Waals surface area contributed by atoms with Crippen LogP contribution < -0.4 is 11.1 Å². The van der Waals surface area contributed by atoms with Crippen molar-refractivity contribution in [3.8, 4) is 12.3 Å². The Morgan fingerprint density at radius 3 is 2.91 bits per heavy atom. The number of nitrogens with one attached hydrogen (secondary N) is 1. The molecule has 0 bridgehead atoms. The van der Waals surface area contributed by atoms with Crippen LogP contribution in [0.3, 0.4) is 0 Å². The molecule has 1 aliphatic heterocycles. The van der Waals surface area contributed by atoms with E-state index in [0.717, 1.165) is 37.4 Å². The molecule has 1 saturated heterocycles. The second-order valence-corrected chi connectivity index (χ2v) is 5.62. The monoisotopic (exact) mass is 298 g/mol. The number of hydrogen-bond acceptors (Lipinski definition) is 2. The van der Waals surface area contributed by atoms with Gasteiger partial charge in [-0.2, -0.15) is 0 Å². The van der Waals surface area contributed by atoms with Crippen molar-refractivity contribution < 1.29 is 4.79 Å². The second kappa shape index (κ2) is 7.51. The Morgan fingerprint density at radius 1 is 1.50 bits per heavy atom. The fourth-order valence-electron chi connectivity index (χ4n) is 2.38. The van der Waals surface area contributed by atoms with Crippen LogP contribution in [-0.2, 0) is 4.79 Å². The van der Waals surface area contributed by atoms with Gasteiger partial charge in [-0.1, -0.05) is 18.9 Å². The first-order valence-corrected chi connectivity index (χ1v) is 7.50. The molecule has 1 fully saturated rings. The Balaban J connectivity index is 1.86. The summed E-state index contributed by atoms with van der Waals surface area (Å²) < 4.78 is 0. The van der Waals surface area contributed by atoms with Crippen molar-refractivity contribution in [1.82, 2.24) is 4.90 Å². The van der Waals surface area contributed by atoms with E-state index in [1.165, 1.54) is 0 Å². The maximum Gasteiger partial charge on any atom is 0.246 e. The van der Waals surface area contributed by atoms with Crippen LogP contribution in [0.2, 0.25) is 0 Å². The number of carbonyl (C=O) groups is 1. The van der Waals surface area contributed by atoms with E-state index in [9.17, 15) is 4.79 Å². The first-order chi connectivity index (χ1) is 10.6. The summed E-state index contributed by atoms with van der Waals surface area (Å²) >= 11 is 0. The number of piperidine rings is 1. The molecule has 1 aromatic rings. The van der Waals surface area contributed by atoms with E-state index < -0.39 is 0 Å². The van der Waals surface area contributed by atoms with Crippen molar-refractivity contribution in [3.05, 3.63) is 29.8 Å². The normalized spacial score (nSPS) is 16.2. The van der Waals surface area contributed by atoms with Crippen LogP contribution in [0.4, 0.5) is 5.69 Å². The number of hydrogen-bond donors (Lipinski definition) is 2. The number of benzene rings is 1. The van der Waals surface area contributed by atoms with Gasteiger partial charge in [-0.05, 0) is 37.0 Å². The third kappa shape index (κ3) is 4.52. The Morgan fingerprint density at radius 2 is 2.23 bits per heavy atom. The summed E-state index contributed by atoms with van der Waals surface area (Å²) in [5.41, 5.74) is 7.34. The molecule has 0 spiro atoms. The van der Waals surface area contributed by atoms with Gasteiger partial charge in [0.1, 0.15) is 6.54 Å². The minimum absolute atomic E-state index is 0.0121. The van der Waals surface area contributed by atoms with Crippen LogP contribution in [0, 0.1) is 18.3 Å². The maximum atomic E-state index is 11.9. The van der Waals surface area contributed by atoms with E-state index in [-0.39, 0.29) is 12.5 Å². The molecule has 116 valence electrons. The molecule has 0 radical (unpaired) electrons. The minimum Gasteiger partial charge on any atom is -0.370 e. The number of nitrogens with two attached hydrogens (primary N) is 1. The molecule has 1 aromatic carbocycles. The Hall–Kier alpha value is -2.48. The highest BCUT2D eigenvalue weighted by Crippen LogP contribution is 2.15. The van der Waals surface area contributed by atoms with Crippen LogP contribution in [-0.4, -0.2) is 36.4 Å². The van der Waals surface area contributed by atoms with E-state index in [1.54, 1.807) is 18.2 Å². The Bertz CT molecular complexity index is 595. The van der Waals surface area contributed by atoms with Gasteiger partial charge in [0.15, 0.2) is 5.96 Å². The van der Waals surface area contributed by atoms with Crippen molar-refractivity contribution in [2.75, 3.05) is 25.0 Å². The van der Waals surface area contributed by atoms with Gasteiger partial charge in [-0.15, -0.1) is 6.42 Å². The standard InChI is InChI=1S/C17H22N4O/c1-3-14-5-4-6-15(11-14)20-16(22)12-19-17(18)21-9-7-13(2)8-10-21/h1,4-6,11,13H,7-10,12H2,2H3,(H2,18,19)(H,20,22). The number of nitrogens with zero attached hydrogens (tertiary/aromatic N) is 2. The van der Waals surface area contributed by atoms with E-state index in [4.69, 9.17) is 12.2 Å². The summed E-state index contributed by atoms with van der Waals surface area (Å²) in [5.74, 6) is 3.50. The lowest BCUT2D eigenvalue weighted by Gasteiger charge is -2.30. The molecule has 0 atom stereocenters. The molecule has 1 heterocycles. The van der Waals surface area contributed by atoms with Crippen molar-refractivity contribution in [3.63, 3.8) is 0 Å². The van der Waals surface area contributed by atoms with Crippen LogP contribution in [0.5, 0.6) is 0 Å². The van der Waals surface area contributed by atoms with Crippen molar-refractivity contribution in [2.24, 2.45) is 16.6 Å². The predicted molar refractivity (Wildman–Crippen MR) is 89.5 cm³/mol. The van der Waals surface area contributed by atoms with Crippen molar-refractivity contribution in [2.45, 2.75) is 19.8 Å². The average Bonchev–Trinajstić information content (AvgIpc) is 2.53. The summed E-state index contributed by atoms with van der Waals surface area (Å²) in [4.78, 5) is 18.1. The molecule has 3 N–H and O–H groups in total. The summed E-state index contributed by atoms with van der Waals surface area (Å²) in [7, 11) is 0. The predicted octanol–water partition coefficient (Wildman–Crippen LogP) is 1.65. The highest BCUT2D eigenvalue weighted by molar-refractivity contribution is 5.94. The topological polar surface area (TPSA) is 70.7 Å². The summed E-state index contributed by atoms with van der Waals surface area (Å²) in [6.45, 7) is 4.06. The molecule has 1 amide bonds. The molecule has 0 aromatic heterocycles. The molecule has 22 heavy (non-hydrogen) atoms. The van der Waals surface area contributed by atoms with Gasteiger partial charge in [0.25, 0.3) is 0 Å². The first kappa shape index (κ1) is 15.9. The highest BCUT2D eigenvalue weighted by Gasteiger charge is 2.17. The molecule has 0 unspecified atom stereocenters. The van der Waals surface area contributed by atoms with Gasteiger partial charge in [-0.25, -0.2) is 4.99 Å². The quantitative estimate of drug-likeness (QED) is 0.506. The Labute approximate surface area is 131 Å². The fourth-order valence-corrected chi connectivity index (χ4v) is 2.38. The number of terminal acetylenes is 1. The molecule has 1 aliphatic rings. The number of anilines is 1. The lowest BCUT2D eigenvalue weighted by atomic mass is 10.00. The SMILES string of the molecule is C#Cc1cccc(NC(=O)CN=C(N)N2CCC(C)CC2)c1. The maximum absolute atomic E-state index is 11.9. The largest absolute Gasteiger partial charge is 0.370 e. The van der Waals surface area contributed by atoms with Crippen LogP contribution >= 0.6 is 0 Å². The van der Waals surface area contributed by atoms with Gasteiger partial charge < -0.3 is 16.0 Å². The van der Waals surface area contributed by atoms with Gasteiger partial charge in [0.05, 0.1) is 0 Å². The summed E-state index contributed by atoms with van der Waals surface area (Å²) in [5, 5.41) is 2.77. The van der Waals surface area contributed by atoms with Gasteiger partial charge in [-0.3, -0.25) is 4.79 Å². The number of amides is 1. The number of guanidine groups is 1. The lowest BCUT2D eigenvalue weighted by Crippen LogP contribution is -2.42. The third-order valence-electron chi connectivity index (χ3n) is 3.81. The second-order valence-electron chi connectivity index (χ2n) is 5.62. The van der Waals surface area contributed by atoms with Crippen LogP contribution in [0.1, 0.15) is 25.3 Å². The average molecular weight is 298 g/mol. The van der Waals surface area contributed by atoms with Crippen LogP contribution in [0.15, 0.2) is 29.3 Å². The summed E-state index contributed by atoms with van der Waals surface area (Å²) in [6.07, 6.45) is 7.56. The number of likely N-dealkylation sites (tertiary alicyclic amines) is 1. The van der Waals surface area contributed by atoms with E-state index in [2.05, 4.69) is 23.2 Å². The summed E-state index contributed by atoms with van der Waals surface area (Å²) in [6, 6.07) is 7.15. The first-order valence-electron chi connectivity index (χ1n) is 7.50. The zero-order chi connectivity index (χ0) is 15.9. The molecular weight excluding hydrogens is 276 g/mol. The Kier molecular flexibility index (Phi) is 5.42. The van der Waals surface area contributed by atoms with Crippen molar-refractivity contribution in [1.29, 1.82) is 0 Å². The zero-order valence-corrected chi connectivity index (χ0v) is 12.9. The number of aliphatic imine (C=N–C) groups is 1. The molecular formula is C17H22N4O. The number of rotatable bonds is 3. The van der Waals surface area contributed by atoms with E-state index in [1.807, 2.05) is 11.0 Å². The van der Waals surface area contributed by atoms with Gasteiger partial charge >= 0.3 is 0 Å². The zero-order valence-electron chi connectivity index (χ0n) is 12.9. The molecule has 0 aliphatic carbocycles. The van der Waals surface area contributed by atoms with Gasteiger partial charge in [0, 0.05) is 24.3 Å².